The van der Waals surface area contributed by atoms with Gasteiger partial charge in [-0.3, -0.25) is 4.55 Å². The molecule has 81 heavy (non-hydrogen) atoms. The van der Waals surface area contributed by atoms with Crippen molar-refractivity contribution in [3.63, 3.8) is 0 Å². The molecular weight excluding hydrogens is 1010 g/mol. The number of benzene rings is 2. The number of unbranched alkanes of at least 4 members (excludes halogenated alkanes) is 48. The molecule has 0 atom stereocenters. The molecule has 0 aromatic heterocycles. The average Bonchev–Trinajstić information content (AvgIpc) is 3.58. The Morgan fingerprint density at radius 2 is 0.494 bits per heavy atom. The molecule has 1 N–H and O–H groups in total. The lowest BCUT2D eigenvalue weighted by molar-refractivity contribution is -0.929. The molecule has 0 aliphatic heterocycles. The molecule has 0 aliphatic carbocycles. The summed E-state index contributed by atoms with van der Waals surface area (Å²) in [6.45, 7) is 19.8. The molecule has 0 saturated carbocycles. The summed E-state index contributed by atoms with van der Waals surface area (Å²) in [6, 6.07) is 9.74. The fraction of sp³-hybridized carbons (Fsp3) is 0.868. The predicted octanol–water partition coefficient (Wildman–Crippen LogP) is 26.2. The van der Waals surface area contributed by atoms with Crippen LogP contribution in [0.4, 0.5) is 0 Å². The van der Waals surface area contributed by atoms with Crippen molar-refractivity contribution in [1.29, 1.82) is 0 Å². The van der Waals surface area contributed by atoms with Crippen LogP contribution < -0.4 is 0 Å². The molecule has 2 rings (SSSR count). The van der Waals surface area contributed by atoms with Crippen LogP contribution >= 0.6 is 0 Å². The quantitative estimate of drug-likeness (QED) is 0.0408. The third-order valence-corrected chi connectivity index (χ3v) is 19.5. The van der Waals surface area contributed by atoms with Crippen LogP contribution in [0.25, 0.3) is 10.8 Å². The second-order valence-electron chi connectivity index (χ2n) is 26.3. The Hall–Kier alpha value is -1.43. The van der Waals surface area contributed by atoms with Gasteiger partial charge in [-0.1, -0.05) is 354 Å². The Balaban J connectivity index is 0.000000880. The molecule has 0 heterocycles. The first-order chi connectivity index (χ1) is 39.7. The van der Waals surface area contributed by atoms with Gasteiger partial charge in [0.2, 0.25) is 0 Å². The summed E-state index contributed by atoms with van der Waals surface area (Å²) in [5.41, 5.74) is 2.01. The molecule has 4 nitrogen and oxygen atoms in total. The zero-order valence-corrected chi connectivity index (χ0v) is 56.7. The van der Waals surface area contributed by atoms with Crippen molar-refractivity contribution in [2.75, 3.05) is 26.2 Å². The van der Waals surface area contributed by atoms with Crippen molar-refractivity contribution in [3.8, 4) is 0 Å². The van der Waals surface area contributed by atoms with Crippen LogP contribution in [0, 0.1) is 0 Å². The van der Waals surface area contributed by atoms with E-state index in [1.807, 2.05) is 24.3 Å². The van der Waals surface area contributed by atoms with Crippen LogP contribution in [-0.4, -0.2) is 43.6 Å². The van der Waals surface area contributed by atoms with Crippen molar-refractivity contribution in [3.05, 3.63) is 41.5 Å². The molecule has 0 aliphatic rings. The summed E-state index contributed by atoms with van der Waals surface area (Å²) in [7, 11) is -4.27. The van der Waals surface area contributed by atoms with E-state index in [1.165, 1.54) is 364 Å². The monoisotopic (exact) mass is 1150 g/mol. The number of rotatable bonds is 61. The number of fused-ring (bicyclic) bond motifs is 1. The highest BCUT2D eigenvalue weighted by atomic mass is 32.2. The lowest BCUT2D eigenvalue weighted by Gasteiger charge is -2.40. The van der Waals surface area contributed by atoms with E-state index in [2.05, 4.69) is 47.6 Å². The van der Waals surface area contributed by atoms with Gasteiger partial charge in [0, 0.05) is 5.39 Å². The summed E-state index contributed by atoms with van der Waals surface area (Å²) in [5, 5.41) is 1.64. The first-order valence-electron chi connectivity index (χ1n) is 37.1. The third-order valence-electron chi connectivity index (χ3n) is 18.5. The van der Waals surface area contributed by atoms with Gasteiger partial charge in [0.05, 0.1) is 26.2 Å². The Morgan fingerprint density at radius 1 is 0.284 bits per heavy atom. The Morgan fingerprint density at radius 3 is 0.741 bits per heavy atom. The highest BCUT2D eigenvalue weighted by Gasteiger charge is 2.26. The molecule has 0 radical (unpaired) electrons. The van der Waals surface area contributed by atoms with Crippen LogP contribution in [0.3, 0.4) is 0 Å². The molecule has 2 aromatic carbocycles. The second-order valence-corrected chi connectivity index (χ2v) is 27.6. The molecule has 476 valence electrons. The Labute approximate surface area is 509 Å². The van der Waals surface area contributed by atoms with Crippen LogP contribution in [0.15, 0.2) is 35.2 Å². The van der Waals surface area contributed by atoms with Crippen molar-refractivity contribution < 1.29 is 17.5 Å². The summed E-state index contributed by atoms with van der Waals surface area (Å²) in [5.74, 6) is 0. The number of aryl methyl sites for hydroxylation is 2. The van der Waals surface area contributed by atoms with Crippen LogP contribution in [0.1, 0.15) is 399 Å². The van der Waals surface area contributed by atoms with E-state index < -0.39 is 10.1 Å². The fourth-order valence-corrected chi connectivity index (χ4v) is 14.1. The second kappa shape index (κ2) is 57.6. The largest absolute Gasteiger partial charge is 0.324 e. The van der Waals surface area contributed by atoms with Crippen molar-refractivity contribution in [2.45, 2.75) is 406 Å². The highest BCUT2D eigenvalue weighted by molar-refractivity contribution is 7.86. The van der Waals surface area contributed by atoms with Crippen LogP contribution in [-0.2, 0) is 23.0 Å². The first kappa shape index (κ1) is 77.6. The van der Waals surface area contributed by atoms with Crippen LogP contribution in [0.5, 0.6) is 0 Å². The molecule has 2 aromatic rings. The molecule has 0 saturated heterocycles. The highest BCUT2D eigenvalue weighted by Crippen LogP contribution is 2.33. The minimum absolute atomic E-state index is 0.127. The van der Waals surface area contributed by atoms with Crippen molar-refractivity contribution >= 4 is 20.9 Å². The van der Waals surface area contributed by atoms with Gasteiger partial charge in [0.1, 0.15) is 4.90 Å². The van der Waals surface area contributed by atoms with E-state index in [-0.39, 0.29) is 4.90 Å². The molecule has 0 amide bonds. The summed E-state index contributed by atoms with van der Waals surface area (Å²) in [4.78, 5) is 0.127. The zero-order valence-electron chi connectivity index (χ0n) is 55.9. The maximum atomic E-state index is 12.3. The average molecular weight is 1150 g/mol. The van der Waals surface area contributed by atoms with Gasteiger partial charge in [-0.2, -0.15) is 8.42 Å². The maximum absolute atomic E-state index is 12.3. The number of hydrogen-bond acceptors (Lipinski definition) is 2. The summed E-state index contributed by atoms with van der Waals surface area (Å²) >= 11 is 0. The number of quaternary nitrogens is 1. The number of nitrogens with zero attached hydrogens (tertiary/aromatic N) is 1. The van der Waals surface area contributed by atoms with E-state index in [0.717, 1.165) is 36.6 Å². The van der Waals surface area contributed by atoms with E-state index in [0.29, 0.717) is 11.8 Å². The molecular formula is C76H144NO3S+. The SMILES string of the molecule is CCCCCCCCCCCC[N+](CCCCCCCCCCCC)(CCCCCCCCCCCC)CCCCCCCCCCCC.CCCCCCCCCc1cc(CCCCCCCCC)c2ccccc2c1S(=O)(=O)O. The van der Waals surface area contributed by atoms with Gasteiger partial charge in [0.25, 0.3) is 10.1 Å². The van der Waals surface area contributed by atoms with Gasteiger partial charge < -0.3 is 4.48 Å². The van der Waals surface area contributed by atoms with Crippen LogP contribution in [0.2, 0.25) is 0 Å². The lowest BCUT2D eigenvalue weighted by Crippen LogP contribution is -2.50. The van der Waals surface area contributed by atoms with E-state index >= 15 is 0 Å². The molecule has 0 fully saturated rings. The topological polar surface area (TPSA) is 54.4 Å². The van der Waals surface area contributed by atoms with Crippen molar-refractivity contribution in [2.24, 2.45) is 0 Å². The van der Waals surface area contributed by atoms with E-state index in [1.54, 1.807) is 0 Å². The van der Waals surface area contributed by atoms with Gasteiger partial charge in [0.15, 0.2) is 0 Å². The zero-order chi connectivity index (χ0) is 58.8. The standard InChI is InChI=1S/C48H100N.C28H44O3S/c1-5-9-13-17-21-25-29-33-37-41-45-49(46-42-38-34-30-26-22-18-14-10-6-2,47-43-39-35-31-27-23-19-15-11-7-3)48-44-40-36-32-28-24-20-16-12-8-4;1-3-5-7-9-11-13-15-19-24-23-25(20-16-14-12-10-8-6-4-2)28(32(29,30)31)27-22-18-17-21-26(24)27/h5-48H2,1-4H3;17-18,21-23H,3-16,19-20H2,1-2H3,(H,29,30,31)/q+1;. The smallest absolute Gasteiger partial charge is 0.295 e. The summed E-state index contributed by atoms with van der Waals surface area (Å²) in [6.07, 6.45) is 77.5. The van der Waals surface area contributed by atoms with Crippen molar-refractivity contribution in [1.82, 2.24) is 0 Å². The number of hydrogen-bond donors (Lipinski definition) is 1. The summed E-state index contributed by atoms with van der Waals surface area (Å²) < 4.78 is 36.2. The normalized spacial score (nSPS) is 12.0. The minimum atomic E-state index is -4.27. The lowest BCUT2D eigenvalue weighted by atomic mass is 9.94. The molecule has 0 unspecified atom stereocenters. The fourth-order valence-electron chi connectivity index (χ4n) is 13.1. The Kier molecular flexibility index (Phi) is 55.2. The molecule has 0 bridgehead atoms. The minimum Gasteiger partial charge on any atom is -0.324 e. The first-order valence-corrected chi connectivity index (χ1v) is 38.5. The maximum Gasteiger partial charge on any atom is 0.295 e. The third kappa shape index (κ3) is 44.7. The van der Waals surface area contributed by atoms with E-state index in [9.17, 15) is 13.0 Å². The Bertz CT molecular complexity index is 1620. The molecule has 0 spiro atoms. The van der Waals surface area contributed by atoms with Gasteiger partial charge >= 0.3 is 0 Å². The van der Waals surface area contributed by atoms with Gasteiger partial charge in [-0.15, -0.1) is 0 Å². The van der Waals surface area contributed by atoms with Gasteiger partial charge in [-0.25, -0.2) is 0 Å². The molecule has 5 heteroatoms. The predicted molar refractivity (Wildman–Crippen MR) is 364 cm³/mol. The van der Waals surface area contributed by atoms with Gasteiger partial charge in [-0.05, 0) is 93.6 Å². The van der Waals surface area contributed by atoms with E-state index in [4.69, 9.17) is 0 Å².